The molecule has 0 unspecified atom stereocenters. The van der Waals surface area contributed by atoms with Gasteiger partial charge in [0.1, 0.15) is 12.0 Å². The predicted molar refractivity (Wildman–Crippen MR) is 103 cm³/mol. The molecule has 0 radical (unpaired) electrons. The van der Waals surface area contributed by atoms with Crippen molar-refractivity contribution in [2.75, 3.05) is 23.7 Å². The fourth-order valence-corrected chi connectivity index (χ4v) is 3.75. The molecule has 0 saturated carbocycles. The van der Waals surface area contributed by atoms with Crippen LogP contribution in [0.3, 0.4) is 0 Å². The molecule has 0 bridgehead atoms. The van der Waals surface area contributed by atoms with Gasteiger partial charge in [-0.05, 0) is 25.0 Å². The molecular formula is C18H21N7O2. The molecule has 0 atom stereocenters. The summed E-state index contributed by atoms with van der Waals surface area (Å²) in [7, 11) is 0. The van der Waals surface area contributed by atoms with E-state index in [1.165, 1.54) is 11.7 Å². The number of para-hydroxylation sites is 2. The number of anilines is 2. The number of rotatable bonds is 4. The molecule has 3 heterocycles. The molecule has 9 heteroatoms. The summed E-state index contributed by atoms with van der Waals surface area (Å²) in [6, 6.07) is 8.58. The fraction of sp³-hybridized carbons (Fsp3) is 0.389. The first-order chi connectivity index (χ1) is 13.1. The van der Waals surface area contributed by atoms with Crippen LogP contribution >= 0.6 is 0 Å². The van der Waals surface area contributed by atoms with Gasteiger partial charge in [0, 0.05) is 25.6 Å². The highest BCUT2D eigenvalue weighted by Gasteiger charge is 2.26. The Labute approximate surface area is 156 Å². The molecule has 1 aromatic carbocycles. The quantitative estimate of drug-likeness (QED) is 0.556. The zero-order chi connectivity index (χ0) is 19.0. The van der Waals surface area contributed by atoms with Crippen LogP contribution in [0, 0.1) is 10.1 Å². The molecule has 0 amide bonds. The van der Waals surface area contributed by atoms with Crippen LogP contribution in [0.1, 0.15) is 31.6 Å². The van der Waals surface area contributed by atoms with Gasteiger partial charge >= 0.3 is 5.69 Å². The van der Waals surface area contributed by atoms with Gasteiger partial charge < -0.3 is 15.2 Å². The summed E-state index contributed by atoms with van der Waals surface area (Å²) in [5.41, 5.74) is 7.64. The maximum Gasteiger partial charge on any atom is 0.329 e. The summed E-state index contributed by atoms with van der Waals surface area (Å²) in [6.07, 6.45) is 3.92. The van der Waals surface area contributed by atoms with Gasteiger partial charge in [0.2, 0.25) is 11.8 Å². The molecule has 0 spiro atoms. The number of fused-ring (bicyclic) bond motifs is 1. The number of nitrogens with zero attached hydrogens (tertiary/aromatic N) is 6. The highest BCUT2D eigenvalue weighted by Crippen LogP contribution is 2.31. The molecular weight excluding hydrogens is 346 g/mol. The van der Waals surface area contributed by atoms with Crippen LogP contribution in [0.2, 0.25) is 0 Å². The van der Waals surface area contributed by atoms with Crippen molar-refractivity contribution in [1.82, 2.24) is 19.5 Å². The van der Waals surface area contributed by atoms with Gasteiger partial charge in [-0.1, -0.05) is 19.1 Å². The Morgan fingerprint density at radius 3 is 2.67 bits per heavy atom. The first-order valence-corrected chi connectivity index (χ1v) is 9.06. The Kier molecular flexibility index (Phi) is 4.35. The number of piperidine rings is 1. The van der Waals surface area contributed by atoms with E-state index in [0.29, 0.717) is 12.0 Å². The minimum atomic E-state index is -0.568. The largest absolute Gasteiger partial charge is 0.378 e. The molecule has 2 aromatic heterocycles. The third-order valence-corrected chi connectivity index (χ3v) is 5.08. The van der Waals surface area contributed by atoms with Crippen LogP contribution in [0.25, 0.3) is 11.0 Å². The number of nitrogen functional groups attached to an aromatic ring is 1. The van der Waals surface area contributed by atoms with Crippen molar-refractivity contribution in [3.63, 3.8) is 0 Å². The summed E-state index contributed by atoms with van der Waals surface area (Å²) in [6.45, 7) is 3.65. The van der Waals surface area contributed by atoms with Crippen LogP contribution in [0.15, 0.2) is 30.5 Å². The number of benzene rings is 1. The van der Waals surface area contributed by atoms with E-state index in [4.69, 9.17) is 10.7 Å². The van der Waals surface area contributed by atoms with Crippen LogP contribution in [-0.4, -0.2) is 37.5 Å². The minimum absolute atomic E-state index is 0.0963. The molecule has 1 aliphatic heterocycles. The maximum absolute atomic E-state index is 10.9. The molecule has 9 nitrogen and oxygen atoms in total. The van der Waals surface area contributed by atoms with Gasteiger partial charge in [-0.2, -0.15) is 4.98 Å². The summed E-state index contributed by atoms with van der Waals surface area (Å²) in [5.74, 6) is 1.45. The van der Waals surface area contributed by atoms with E-state index in [0.717, 1.165) is 43.7 Å². The number of hydrogen-bond acceptors (Lipinski definition) is 7. The topological polar surface area (TPSA) is 116 Å². The summed E-state index contributed by atoms with van der Waals surface area (Å²) in [4.78, 5) is 25.4. The van der Waals surface area contributed by atoms with Crippen molar-refractivity contribution < 1.29 is 4.92 Å². The number of nitrogens with two attached hydrogens (primary N) is 1. The van der Waals surface area contributed by atoms with Crippen LogP contribution < -0.4 is 10.6 Å². The van der Waals surface area contributed by atoms with Crippen molar-refractivity contribution in [3.8, 4) is 0 Å². The Morgan fingerprint density at radius 2 is 2.00 bits per heavy atom. The lowest BCUT2D eigenvalue weighted by atomic mass is 10.0. The Balaban J connectivity index is 1.55. The maximum atomic E-state index is 10.9. The first-order valence-electron chi connectivity index (χ1n) is 9.06. The average Bonchev–Trinajstić information content (AvgIpc) is 3.06. The second-order valence-electron chi connectivity index (χ2n) is 6.66. The highest BCUT2D eigenvalue weighted by atomic mass is 16.6. The minimum Gasteiger partial charge on any atom is -0.378 e. The van der Waals surface area contributed by atoms with Crippen LogP contribution in [0.4, 0.5) is 17.5 Å². The van der Waals surface area contributed by atoms with E-state index in [1.807, 2.05) is 23.1 Å². The molecule has 0 aliphatic carbocycles. The zero-order valence-corrected chi connectivity index (χ0v) is 15.1. The number of imidazole rings is 1. The fourth-order valence-electron chi connectivity index (χ4n) is 3.75. The molecule has 3 aromatic rings. The molecule has 27 heavy (non-hydrogen) atoms. The second-order valence-corrected chi connectivity index (χ2v) is 6.66. The van der Waals surface area contributed by atoms with Crippen LogP contribution in [-0.2, 0) is 6.42 Å². The van der Waals surface area contributed by atoms with E-state index in [1.54, 1.807) is 0 Å². The van der Waals surface area contributed by atoms with Gasteiger partial charge in [-0.25, -0.2) is 9.97 Å². The SMILES string of the molecule is CCc1nc2ccccc2n1C1CCN(c2ncc([N+](=O)[O-])c(N)n2)CC1. The van der Waals surface area contributed by atoms with E-state index < -0.39 is 4.92 Å². The summed E-state index contributed by atoms with van der Waals surface area (Å²) in [5, 5.41) is 10.9. The van der Waals surface area contributed by atoms with Gasteiger partial charge in [0.05, 0.1) is 16.0 Å². The van der Waals surface area contributed by atoms with Crippen molar-refractivity contribution >= 4 is 28.5 Å². The highest BCUT2D eigenvalue weighted by molar-refractivity contribution is 5.76. The number of hydrogen-bond donors (Lipinski definition) is 1. The van der Waals surface area contributed by atoms with Gasteiger partial charge in [-0.3, -0.25) is 10.1 Å². The molecule has 1 aliphatic rings. The molecule has 4 rings (SSSR count). The number of nitro groups is 1. The smallest absolute Gasteiger partial charge is 0.329 e. The van der Waals surface area contributed by atoms with E-state index in [9.17, 15) is 10.1 Å². The van der Waals surface area contributed by atoms with Gasteiger partial charge in [0.25, 0.3) is 0 Å². The van der Waals surface area contributed by atoms with Crippen molar-refractivity contribution in [2.24, 2.45) is 0 Å². The normalized spacial score (nSPS) is 15.4. The third-order valence-electron chi connectivity index (χ3n) is 5.08. The Hall–Kier alpha value is -3.23. The lowest BCUT2D eigenvalue weighted by Gasteiger charge is -2.33. The number of aromatic nitrogens is 4. The lowest BCUT2D eigenvalue weighted by molar-refractivity contribution is -0.384. The average molecular weight is 367 g/mol. The molecule has 2 N–H and O–H groups in total. The van der Waals surface area contributed by atoms with Gasteiger partial charge in [0.15, 0.2) is 0 Å². The van der Waals surface area contributed by atoms with Crippen molar-refractivity contribution in [2.45, 2.75) is 32.2 Å². The monoisotopic (exact) mass is 367 g/mol. The molecule has 1 fully saturated rings. The predicted octanol–water partition coefficient (Wildman–Crippen LogP) is 2.72. The number of aryl methyl sites for hydroxylation is 1. The third kappa shape index (κ3) is 3.05. The summed E-state index contributed by atoms with van der Waals surface area (Å²) < 4.78 is 2.36. The van der Waals surface area contributed by atoms with E-state index >= 15 is 0 Å². The van der Waals surface area contributed by atoms with E-state index in [-0.39, 0.29) is 11.5 Å². The van der Waals surface area contributed by atoms with Gasteiger partial charge in [-0.15, -0.1) is 0 Å². The Morgan fingerprint density at radius 1 is 1.26 bits per heavy atom. The van der Waals surface area contributed by atoms with Crippen LogP contribution in [0.5, 0.6) is 0 Å². The summed E-state index contributed by atoms with van der Waals surface area (Å²) >= 11 is 0. The molecule has 1 saturated heterocycles. The standard InChI is InChI=1S/C18H21N7O2/c1-2-16-21-13-5-3-4-6-14(13)24(16)12-7-9-23(10-8-12)18-20-11-15(25(26)27)17(19)22-18/h3-6,11-12H,2,7-10H2,1H3,(H2,19,20,22). The van der Waals surface area contributed by atoms with Crippen molar-refractivity contribution in [1.29, 1.82) is 0 Å². The lowest BCUT2D eigenvalue weighted by Crippen LogP contribution is -2.36. The van der Waals surface area contributed by atoms with Crippen molar-refractivity contribution in [3.05, 3.63) is 46.4 Å². The van der Waals surface area contributed by atoms with E-state index in [2.05, 4.69) is 27.5 Å². The zero-order valence-electron chi connectivity index (χ0n) is 15.1. The molecule has 140 valence electrons. The second kappa shape index (κ2) is 6.82. The first kappa shape index (κ1) is 17.2. The Bertz CT molecular complexity index is 993.